The lowest BCUT2D eigenvalue weighted by Gasteiger charge is -2.26. The lowest BCUT2D eigenvalue weighted by atomic mass is 10.2. The van der Waals surface area contributed by atoms with E-state index in [1.54, 1.807) is 35.7 Å². The number of thiophene rings is 1. The predicted octanol–water partition coefficient (Wildman–Crippen LogP) is 1.83. The van der Waals surface area contributed by atoms with Gasteiger partial charge in [-0.05, 0) is 23.9 Å². The van der Waals surface area contributed by atoms with Gasteiger partial charge in [0.1, 0.15) is 10.3 Å². The molecule has 1 heterocycles. The molecular weight excluding hydrogens is 324 g/mol. The predicted molar refractivity (Wildman–Crippen MR) is 82.9 cm³/mol. The highest BCUT2D eigenvalue weighted by Gasteiger charge is 2.33. The third kappa shape index (κ3) is 3.53. The van der Waals surface area contributed by atoms with Crippen LogP contribution in [-0.2, 0) is 21.4 Å². The molecule has 8 heteroatoms. The minimum atomic E-state index is -3.83. The molecule has 2 aromatic rings. The minimum absolute atomic E-state index is 0.0374. The van der Waals surface area contributed by atoms with Crippen LogP contribution in [0, 0.1) is 0 Å². The maximum absolute atomic E-state index is 12.7. The Labute approximate surface area is 133 Å². The Hall–Kier alpha value is -1.74. The molecule has 0 saturated heterocycles. The van der Waals surface area contributed by atoms with E-state index in [9.17, 15) is 13.2 Å². The summed E-state index contributed by atoms with van der Waals surface area (Å²) < 4.78 is 26.7. The average Bonchev–Trinajstić information content (AvgIpc) is 3.07. The Bertz CT molecular complexity index is 715. The highest BCUT2D eigenvalue weighted by Crippen LogP contribution is 2.24. The van der Waals surface area contributed by atoms with Crippen molar-refractivity contribution >= 4 is 27.3 Å². The molecule has 6 nitrogen and oxygen atoms in total. The van der Waals surface area contributed by atoms with E-state index in [0.29, 0.717) is 0 Å². The van der Waals surface area contributed by atoms with Crippen molar-refractivity contribution in [1.82, 2.24) is 9.79 Å². The standard InChI is InChI=1S/C14H16N2O4S2/c1-11(14(17)15-18)16(10-12-6-3-2-4-7-12)22(19,20)13-8-5-9-21-13/h2-9,11,18H,10H2,1H3,(H,15,17)/t11-/m0/s1. The van der Waals surface area contributed by atoms with E-state index in [4.69, 9.17) is 5.21 Å². The summed E-state index contributed by atoms with van der Waals surface area (Å²) in [6.07, 6.45) is 0. The Morgan fingerprint density at radius 1 is 1.27 bits per heavy atom. The molecule has 1 atom stereocenters. The first kappa shape index (κ1) is 16.6. The van der Waals surface area contributed by atoms with Crippen molar-refractivity contribution in [3.8, 4) is 0 Å². The van der Waals surface area contributed by atoms with Crippen LogP contribution in [0.4, 0.5) is 0 Å². The van der Waals surface area contributed by atoms with E-state index in [-0.39, 0.29) is 10.8 Å². The number of nitrogens with one attached hydrogen (secondary N) is 1. The normalized spacial score (nSPS) is 13.0. The second kappa shape index (κ2) is 7.01. The van der Waals surface area contributed by atoms with Crippen molar-refractivity contribution in [3.05, 3.63) is 53.4 Å². The summed E-state index contributed by atoms with van der Waals surface area (Å²) in [6.45, 7) is 1.47. The van der Waals surface area contributed by atoms with Gasteiger partial charge in [0.2, 0.25) is 0 Å². The summed E-state index contributed by atoms with van der Waals surface area (Å²) in [4.78, 5) is 11.7. The number of nitrogens with zero attached hydrogens (tertiary/aromatic N) is 1. The molecule has 0 unspecified atom stereocenters. The smallest absolute Gasteiger partial charge is 0.261 e. The lowest BCUT2D eigenvalue weighted by molar-refractivity contribution is -0.132. The molecule has 118 valence electrons. The highest BCUT2D eigenvalue weighted by molar-refractivity contribution is 7.91. The largest absolute Gasteiger partial charge is 0.289 e. The zero-order valence-electron chi connectivity index (χ0n) is 11.8. The van der Waals surface area contributed by atoms with Gasteiger partial charge in [0.15, 0.2) is 0 Å². The number of amides is 1. The van der Waals surface area contributed by atoms with E-state index >= 15 is 0 Å². The lowest BCUT2D eigenvalue weighted by Crippen LogP contribution is -2.46. The van der Waals surface area contributed by atoms with Crippen LogP contribution >= 0.6 is 11.3 Å². The molecule has 22 heavy (non-hydrogen) atoms. The number of hydrogen-bond acceptors (Lipinski definition) is 5. The van der Waals surface area contributed by atoms with Crippen LogP contribution in [0.2, 0.25) is 0 Å². The first-order valence-electron chi connectivity index (χ1n) is 6.50. The molecule has 1 aromatic carbocycles. The molecule has 1 aromatic heterocycles. The van der Waals surface area contributed by atoms with E-state index in [0.717, 1.165) is 21.2 Å². The van der Waals surface area contributed by atoms with Crippen LogP contribution in [0.5, 0.6) is 0 Å². The molecule has 0 spiro atoms. The van der Waals surface area contributed by atoms with Crippen molar-refractivity contribution in [2.24, 2.45) is 0 Å². The van der Waals surface area contributed by atoms with E-state index in [2.05, 4.69) is 0 Å². The third-order valence-electron chi connectivity index (χ3n) is 3.16. The van der Waals surface area contributed by atoms with Gasteiger partial charge < -0.3 is 0 Å². The Kier molecular flexibility index (Phi) is 5.30. The minimum Gasteiger partial charge on any atom is -0.289 e. The Morgan fingerprint density at radius 3 is 2.50 bits per heavy atom. The van der Waals surface area contributed by atoms with Crippen molar-refractivity contribution in [3.63, 3.8) is 0 Å². The first-order valence-corrected chi connectivity index (χ1v) is 8.82. The molecule has 1 amide bonds. The summed E-state index contributed by atoms with van der Waals surface area (Å²) >= 11 is 1.08. The fraction of sp³-hybridized carbons (Fsp3) is 0.214. The van der Waals surface area contributed by atoms with Crippen molar-refractivity contribution in [2.75, 3.05) is 0 Å². The summed E-state index contributed by atoms with van der Waals surface area (Å²) in [5.74, 6) is -0.781. The van der Waals surface area contributed by atoms with Gasteiger partial charge in [-0.3, -0.25) is 10.0 Å². The molecular formula is C14H16N2O4S2. The maximum atomic E-state index is 12.7. The van der Waals surface area contributed by atoms with Crippen molar-refractivity contribution < 1.29 is 18.4 Å². The number of carbonyl (C=O) groups is 1. The second-order valence-corrected chi connectivity index (χ2v) is 7.69. The maximum Gasteiger partial charge on any atom is 0.261 e. The number of carbonyl (C=O) groups excluding carboxylic acids is 1. The summed E-state index contributed by atoms with van der Waals surface area (Å²) in [6, 6.07) is 11.0. The topological polar surface area (TPSA) is 86.7 Å². The molecule has 2 rings (SSSR count). The zero-order chi connectivity index (χ0) is 16.2. The van der Waals surface area contributed by atoms with Gasteiger partial charge in [-0.25, -0.2) is 13.9 Å². The van der Waals surface area contributed by atoms with Gasteiger partial charge in [0.05, 0.1) is 0 Å². The summed E-state index contributed by atoms with van der Waals surface area (Å²) in [7, 11) is -3.83. The van der Waals surface area contributed by atoms with Crippen LogP contribution < -0.4 is 5.48 Å². The van der Waals surface area contributed by atoms with Crippen LogP contribution in [0.1, 0.15) is 12.5 Å². The second-order valence-electron chi connectivity index (χ2n) is 4.62. The van der Waals surface area contributed by atoms with Crippen LogP contribution in [0.25, 0.3) is 0 Å². The van der Waals surface area contributed by atoms with Gasteiger partial charge in [-0.2, -0.15) is 4.31 Å². The van der Waals surface area contributed by atoms with E-state index < -0.39 is 22.0 Å². The van der Waals surface area contributed by atoms with Crippen LogP contribution in [0.15, 0.2) is 52.1 Å². The quantitative estimate of drug-likeness (QED) is 0.620. The molecule has 0 aliphatic carbocycles. The number of rotatable bonds is 6. The number of sulfonamides is 1. The molecule has 0 radical (unpaired) electrons. The zero-order valence-corrected chi connectivity index (χ0v) is 13.5. The molecule has 0 aliphatic heterocycles. The SMILES string of the molecule is C[C@@H](C(=O)NO)N(Cc1ccccc1)S(=O)(=O)c1cccs1. The molecule has 0 saturated carbocycles. The third-order valence-corrected chi connectivity index (χ3v) is 6.45. The van der Waals surface area contributed by atoms with Crippen LogP contribution in [0.3, 0.4) is 0 Å². The van der Waals surface area contributed by atoms with Gasteiger partial charge in [-0.15, -0.1) is 11.3 Å². The van der Waals surface area contributed by atoms with Gasteiger partial charge in [-0.1, -0.05) is 36.4 Å². The molecule has 0 fully saturated rings. The highest BCUT2D eigenvalue weighted by atomic mass is 32.2. The van der Waals surface area contributed by atoms with E-state index in [1.807, 2.05) is 6.07 Å². The Morgan fingerprint density at radius 2 is 1.95 bits per heavy atom. The van der Waals surface area contributed by atoms with Gasteiger partial charge in [0, 0.05) is 6.54 Å². The number of hydroxylamine groups is 1. The average molecular weight is 340 g/mol. The number of benzene rings is 1. The molecule has 0 aliphatic rings. The van der Waals surface area contributed by atoms with E-state index in [1.165, 1.54) is 18.5 Å². The molecule has 2 N–H and O–H groups in total. The number of hydrogen-bond donors (Lipinski definition) is 2. The van der Waals surface area contributed by atoms with Crippen molar-refractivity contribution in [2.45, 2.75) is 23.7 Å². The summed E-state index contributed by atoms with van der Waals surface area (Å²) in [5, 5.41) is 10.5. The van der Waals surface area contributed by atoms with Crippen LogP contribution in [-0.4, -0.2) is 29.9 Å². The first-order chi connectivity index (χ1) is 10.5. The fourth-order valence-corrected chi connectivity index (χ4v) is 4.64. The Balaban J connectivity index is 2.39. The summed E-state index contributed by atoms with van der Waals surface area (Å²) in [5.41, 5.74) is 2.26. The van der Waals surface area contributed by atoms with Gasteiger partial charge in [0.25, 0.3) is 15.9 Å². The van der Waals surface area contributed by atoms with Gasteiger partial charge >= 0.3 is 0 Å². The molecule has 0 bridgehead atoms. The fourth-order valence-electron chi connectivity index (χ4n) is 1.94. The monoisotopic (exact) mass is 340 g/mol. The van der Waals surface area contributed by atoms with Crippen molar-refractivity contribution in [1.29, 1.82) is 0 Å².